The van der Waals surface area contributed by atoms with Gasteiger partial charge < -0.3 is 20.9 Å². The molecule has 1 aromatic rings. The molecule has 2 aliphatic rings. The van der Waals surface area contributed by atoms with E-state index in [0.29, 0.717) is 18.8 Å². The highest BCUT2D eigenvalue weighted by Crippen LogP contribution is 2.49. The topological polar surface area (TPSA) is 102 Å². The molecule has 0 aromatic heterocycles. The summed E-state index contributed by atoms with van der Waals surface area (Å²) in [4.78, 5) is 24.8. The number of phenolic OH excluding ortho intramolecular Hbond substituents is 1. The van der Waals surface area contributed by atoms with Crippen LogP contribution in [0, 0.1) is 11.8 Å². The fourth-order valence-electron chi connectivity index (χ4n) is 4.15. The molecule has 1 unspecified atom stereocenters. The van der Waals surface area contributed by atoms with E-state index >= 15 is 0 Å². The van der Waals surface area contributed by atoms with Crippen LogP contribution >= 0.6 is 0 Å². The van der Waals surface area contributed by atoms with Gasteiger partial charge in [0.2, 0.25) is 5.91 Å². The van der Waals surface area contributed by atoms with Crippen molar-refractivity contribution in [3.63, 3.8) is 0 Å². The lowest BCUT2D eigenvalue weighted by Crippen LogP contribution is -2.60. The number of fused-ring (bicyclic) bond motifs is 2. The highest BCUT2D eigenvalue weighted by molar-refractivity contribution is 5.91. The first kappa shape index (κ1) is 16.8. The SMILES string of the molecule is COC(=O)[C@H](Cc1ccc(O)cc1)NC(=O)C1(N)C[C@@H]2CC[C@H]1C2. The third-order valence-corrected chi connectivity index (χ3v) is 5.49. The lowest BCUT2D eigenvalue weighted by atomic mass is 9.81. The van der Waals surface area contributed by atoms with Gasteiger partial charge in [0.1, 0.15) is 11.8 Å². The molecule has 2 fully saturated rings. The van der Waals surface area contributed by atoms with Crippen LogP contribution in [-0.4, -0.2) is 35.7 Å². The summed E-state index contributed by atoms with van der Waals surface area (Å²) in [5.41, 5.74) is 6.34. The van der Waals surface area contributed by atoms with Gasteiger partial charge in [-0.3, -0.25) is 4.79 Å². The summed E-state index contributed by atoms with van der Waals surface area (Å²) in [5.74, 6) is 0.126. The molecule has 0 aliphatic heterocycles. The van der Waals surface area contributed by atoms with Gasteiger partial charge in [0.05, 0.1) is 12.6 Å². The minimum atomic E-state index is -0.871. The second-order valence-corrected chi connectivity index (χ2v) is 7.04. The molecule has 1 aromatic carbocycles. The highest BCUT2D eigenvalue weighted by Gasteiger charge is 2.53. The van der Waals surface area contributed by atoms with Crippen molar-refractivity contribution in [2.24, 2.45) is 17.6 Å². The number of amides is 1. The lowest BCUT2D eigenvalue weighted by molar-refractivity contribution is -0.146. The van der Waals surface area contributed by atoms with Crippen molar-refractivity contribution in [1.29, 1.82) is 0 Å². The number of methoxy groups -OCH3 is 1. The first-order chi connectivity index (χ1) is 11.4. The Morgan fingerprint density at radius 3 is 2.62 bits per heavy atom. The van der Waals surface area contributed by atoms with Gasteiger partial charge in [0, 0.05) is 6.42 Å². The molecule has 4 atom stereocenters. The maximum absolute atomic E-state index is 12.7. The molecule has 2 saturated carbocycles. The molecule has 0 saturated heterocycles. The molecule has 4 N–H and O–H groups in total. The zero-order valence-electron chi connectivity index (χ0n) is 13.8. The zero-order chi connectivity index (χ0) is 17.3. The Balaban J connectivity index is 1.71. The van der Waals surface area contributed by atoms with Crippen LogP contribution in [0.15, 0.2) is 24.3 Å². The number of hydrogen-bond acceptors (Lipinski definition) is 5. The highest BCUT2D eigenvalue weighted by atomic mass is 16.5. The molecule has 130 valence electrons. The summed E-state index contributed by atoms with van der Waals surface area (Å²) in [6.45, 7) is 0. The van der Waals surface area contributed by atoms with E-state index in [1.54, 1.807) is 24.3 Å². The Morgan fingerprint density at radius 2 is 2.08 bits per heavy atom. The number of carbonyl (C=O) groups excluding carboxylic acids is 2. The van der Waals surface area contributed by atoms with Crippen LogP contribution in [-0.2, 0) is 20.7 Å². The number of nitrogens with two attached hydrogens (primary N) is 1. The first-order valence-corrected chi connectivity index (χ1v) is 8.38. The quantitative estimate of drug-likeness (QED) is 0.701. The van der Waals surface area contributed by atoms with Crippen molar-refractivity contribution in [2.75, 3.05) is 7.11 Å². The average Bonchev–Trinajstić information content (AvgIpc) is 3.16. The van der Waals surface area contributed by atoms with Gasteiger partial charge in [-0.25, -0.2) is 4.79 Å². The van der Waals surface area contributed by atoms with E-state index in [1.807, 2.05) is 0 Å². The van der Waals surface area contributed by atoms with E-state index in [9.17, 15) is 14.7 Å². The van der Waals surface area contributed by atoms with Crippen LogP contribution in [0.2, 0.25) is 0 Å². The molecule has 24 heavy (non-hydrogen) atoms. The van der Waals surface area contributed by atoms with Gasteiger partial charge in [0.15, 0.2) is 0 Å². The number of nitrogens with one attached hydrogen (secondary N) is 1. The van der Waals surface area contributed by atoms with E-state index in [1.165, 1.54) is 7.11 Å². The summed E-state index contributed by atoms with van der Waals surface area (Å²) >= 11 is 0. The summed E-state index contributed by atoms with van der Waals surface area (Å²) < 4.78 is 4.82. The Bertz CT molecular complexity index is 630. The monoisotopic (exact) mass is 332 g/mol. The molecule has 0 heterocycles. The minimum absolute atomic E-state index is 0.153. The number of esters is 1. The molecule has 0 spiro atoms. The fourth-order valence-corrected chi connectivity index (χ4v) is 4.15. The van der Waals surface area contributed by atoms with Crippen molar-refractivity contribution >= 4 is 11.9 Å². The van der Waals surface area contributed by atoms with Gasteiger partial charge in [0.25, 0.3) is 0 Å². The van der Waals surface area contributed by atoms with Crippen molar-refractivity contribution in [3.05, 3.63) is 29.8 Å². The van der Waals surface area contributed by atoms with Gasteiger partial charge in [-0.1, -0.05) is 18.6 Å². The predicted octanol–water partition coefficient (Wildman–Crippen LogP) is 1.11. The molecular formula is C18H24N2O4. The van der Waals surface area contributed by atoms with Crippen LogP contribution in [0.1, 0.15) is 31.2 Å². The fraction of sp³-hybridized carbons (Fsp3) is 0.556. The maximum atomic E-state index is 12.7. The van der Waals surface area contributed by atoms with E-state index in [0.717, 1.165) is 24.8 Å². The summed E-state index contributed by atoms with van der Waals surface area (Å²) in [5, 5.41) is 12.1. The predicted molar refractivity (Wildman–Crippen MR) is 88.1 cm³/mol. The van der Waals surface area contributed by atoms with E-state index in [2.05, 4.69) is 5.32 Å². The minimum Gasteiger partial charge on any atom is -0.508 e. The molecule has 2 bridgehead atoms. The van der Waals surface area contributed by atoms with Crippen LogP contribution in [0.25, 0.3) is 0 Å². The van der Waals surface area contributed by atoms with Crippen LogP contribution < -0.4 is 11.1 Å². The molecule has 3 rings (SSSR count). The second-order valence-electron chi connectivity index (χ2n) is 7.04. The zero-order valence-corrected chi connectivity index (χ0v) is 13.8. The smallest absolute Gasteiger partial charge is 0.328 e. The number of rotatable bonds is 5. The second kappa shape index (κ2) is 6.43. The number of ether oxygens (including phenoxy) is 1. The Morgan fingerprint density at radius 1 is 1.38 bits per heavy atom. The normalized spacial score (nSPS) is 29.2. The van der Waals surface area contributed by atoms with E-state index < -0.39 is 17.6 Å². The molecule has 1 amide bonds. The molecule has 2 aliphatic carbocycles. The van der Waals surface area contributed by atoms with Crippen molar-refractivity contribution in [1.82, 2.24) is 5.32 Å². The van der Waals surface area contributed by atoms with Crippen LogP contribution in [0.3, 0.4) is 0 Å². The number of carbonyl (C=O) groups is 2. The van der Waals surface area contributed by atoms with Gasteiger partial charge >= 0.3 is 5.97 Å². The average molecular weight is 332 g/mol. The maximum Gasteiger partial charge on any atom is 0.328 e. The molecule has 0 radical (unpaired) electrons. The summed E-state index contributed by atoms with van der Waals surface area (Å²) in [7, 11) is 1.30. The Hall–Kier alpha value is -2.08. The van der Waals surface area contributed by atoms with Crippen molar-refractivity contribution in [3.8, 4) is 5.75 Å². The van der Waals surface area contributed by atoms with Crippen LogP contribution in [0.4, 0.5) is 0 Å². The van der Waals surface area contributed by atoms with Crippen LogP contribution in [0.5, 0.6) is 5.75 Å². The number of phenols is 1. The van der Waals surface area contributed by atoms with Crippen molar-refractivity contribution in [2.45, 2.75) is 43.7 Å². The standard InChI is InChI=1S/C18H24N2O4/c1-24-16(22)15(9-11-3-6-14(21)7-4-11)20-17(23)18(19)10-12-2-5-13(18)8-12/h3-4,6-7,12-13,15,21H,2,5,8-10,19H2,1H3,(H,20,23)/t12-,13+,15+,18?/m1/s1. The number of hydrogen-bond donors (Lipinski definition) is 3. The number of aromatic hydroxyl groups is 1. The van der Waals surface area contributed by atoms with Gasteiger partial charge in [-0.05, 0) is 48.8 Å². The largest absolute Gasteiger partial charge is 0.508 e. The van der Waals surface area contributed by atoms with Gasteiger partial charge in [-0.2, -0.15) is 0 Å². The van der Waals surface area contributed by atoms with Crippen molar-refractivity contribution < 1.29 is 19.4 Å². The lowest BCUT2D eigenvalue weighted by Gasteiger charge is -2.33. The van der Waals surface area contributed by atoms with E-state index in [-0.39, 0.29) is 17.6 Å². The number of benzene rings is 1. The van der Waals surface area contributed by atoms with E-state index in [4.69, 9.17) is 10.5 Å². The molecular weight excluding hydrogens is 308 g/mol. The third-order valence-electron chi connectivity index (χ3n) is 5.49. The Kier molecular flexibility index (Phi) is 4.49. The summed E-state index contributed by atoms with van der Waals surface area (Å²) in [6.07, 6.45) is 4.12. The third kappa shape index (κ3) is 3.11. The van der Waals surface area contributed by atoms with Gasteiger partial charge in [-0.15, -0.1) is 0 Å². The summed E-state index contributed by atoms with van der Waals surface area (Å²) in [6, 6.07) is 5.74. The Labute approximate surface area is 141 Å². The molecule has 6 heteroatoms. The first-order valence-electron chi connectivity index (χ1n) is 8.38. The molecule has 6 nitrogen and oxygen atoms in total.